The fourth-order valence-corrected chi connectivity index (χ4v) is 3.79. The molecule has 1 aliphatic rings. The fraction of sp³-hybridized carbons (Fsp3) is 0.562. The van der Waals surface area contributed by atoms with Crippen LogP contribution in [0.5, 0.6) is 0 Å². The molecule has 1 aliphatic heterocycles. The summed E-state index contributed by atoms with van der Waals surface area (Å²) >= 11 is 1.77. The number of guanidine groups is 1. The van der Waals surface area contributed by atoms with Crippen molar-refractivity contribution in [1.29, 1.82) is 0 Å². The van der Waals surface area contributed by atoms with Crippen molar-refractivity contribution in [3.05, 3.63) is 34.0 Å². The molecule has 0 aliphatic carbocycles. The van der Waals surface area contributed by atoms with E-state index in [2.05, 4.69) is 38.4 Å². The van der Waals surface area contributed by atoms with E-state index in [0.29, 0.717) is 5.92 Å². The highest BCUT2D eigenvalue weighted by Gasteiger charge is 2.26. The summed E-state index contributed by atoms with van der Waals surface area (Å²) in [5.74, 6) is 1.54. The van der Waals surface area contributed by atoms with Crippen LogP contribution in [-0.2, 0) is 13.5 Å². The van der Waals surface area contributed by atoms with E-state index in [9.17, 15) is 0 Å². The van der Waals surface area contributed by atoms with Gasteiger partial charge in [0, 0.05) is 63.3 Å². The predicted octanol–water partition coefficient (Wildman–Crippen LogP) is 2.41. The molecule has 0 spiro atoms. The maximum Gasteiger partial charge on any atom is 0.193 e. The lowest BCUT2D eigenvalue weighted by atomic mass is 10.0. The van der Waals surface area contributed by atoms with Crippen molar-refractivity contribution in [3.63, 3.8) is 0 Å². The van der Waals surface area contributed by atoms with Crippen LogP contribution in [0.1, 0.15) is 27.8 Å². The second kappa shape index (κ2) is 8.80. The lowest BCUT2D eigenvalue weighted by molar-refractivity contribution is 0.486. The number of aliphatic imine (C=N–C) groups is 1. The van der Waals surface area contributed by atoms with Crippen LogP contribution >= 0.6 is 35.3 Å². The molecule has 1 unspecified atom stereocenters. The topological polar surface area (TPSA) is 58.3 Å². The second-order valence-corrected chi connectivity index (χ2v) is 7.29. The van der Waals surface area contributed by atoms with Gasteiger partial charge in [0.2, 0.25) is 0 Å². The highest BCUT2D eigenvalue weighted by molar-refractivity contribution is 14.0. The summed E-state index contributed by atoms with van der Waals surface area (Å²) in [6, 6.07) is 0. The van der Waals surface area contributed by atoms with Gasteiger partial charge in [-0.3, -0.25) is 9.67 Å². The van der Waals surface area contributed by atoms with Gasteiger partial charge in [-0.1, -0.05) is 0 Å². The molecule has 3 rings (SSSR count). The third-order valence-corrected chi connectivity index (χ3v) is 5.16. The minimum absolute atomic E-state index is 0. The van der Waals surface area contributed by atoms with E-state index in [-0.39, 0.29) is 24.0 Å². The first-order chi connectivity index (χ1) is 11.2. The van der Waals surface area contributed by atoms with Crippen molar-refractivity contribution in [2.75, 3.05) is 26.7 Å². The number of hydrogen-bond acceptors (Lipinski definition) is 4. The molecule has 132 valence electrons. The summed E-state index contributed by atoms with van der Waals surface area (Å²) in [5.41, 5.74) is 1.32. The molecular weight excluding hydrogens is 435 g/mol. The number of thiazole rings is 1. The number of aryl methyl sites for hydroxylation is 2. The maximum absolute atomic E-state index is 4.43. The average Bonchev–Trinajstić information content (AvgIpc) is 3.25. The monoisotopic (exact) mass is 460 g/mol. The number of nitrogens with one attached hydrogen (secondary N) is 1. The Hall–Kier alpha value is -1.16. The van der Waals surface area contributed by atoms with E-state index in [1.165, 1.54) is 15.4 Å². The third kappa shape index (κ3) is 4.69. The molecule has 0 bridgehead atoms. The summed E-state index contributed by atoms with van der Waals surface area (Å²) in [5, 5.41) is 8.93. The highest BCUT2D eigenvalue weighted by atomic mass is 127. The van der Waals surface area contributed by atoms with Gasteiger partial charge in [0.05, 0.1) is 11.2 Å². The zero-order chi connectivity index (χ0) is 16.2. The number of halogens is 1. The van der Waals surface area contributed by atoms with E-state index in [1.54, 1.807) is 11.3 Å². The zero-order valence-corrected chi connectivity index (χ0v) is 17.5. The van der Waals surface area contributed by atoms with Crippen molar-refractivity contribution in [1.82, 2.24) is 25.0 Å². The van der Waals surface area contributed by atoms with Gasteiger partial charge in [-0.2, -0.15) is 5.10 Å². The first kappa shape index (κ1) is 19.2. The Morgan fingerprint density at radius 1 is 1.46 bits per heavy atom. The van der Waals surface area contributed by atoms with Crippen molar-refractivity contribution in [2.45, 2.75) is 25.7 Å². The number of aromatic nitrogens is 3. The molecule has 0 saturated carbocycles. The Morgan fingerprint density at radius 2 is 2.29 bits per heavy atom. The number of likely N-dealkylation sites (tertiary alicyclic amines) is 1. The van der Waals surface area contributed by atoms with Crippen LogP contribution in [-0.4, -0.2) is 52.3 Å². The molecule has 1 saturated heterocycles. The summed E-state index contributed by atoms with van der Waals surface area (Å²) in [4.78, 5) is 12.4. The van der Waals surface area contributed by atoms with Gasteiger partial charge in [0.25, 0.3) is 0 Å². The number of hydrogen-bond donors (Lipinski definition) is 1. The van der Waals surface area contributed by atoms with Crippen LogP contribution in [0.15, 0.2) is 23.6 Å². The van der Waals surface area contributed by atoms with Gasteiger partial charge in [-0.25, -0.2) is 4.98 Å². The highest BCUT2D eigenvalue weighted by Crippen LogP contribution is 2.26. The van der Waals surface area contributed by atoms with Gasteiger partial charge < -0.3 is 10.2 Å². The predicted molar refractivity (Wildman–Crippen MR) is 109 cm³/mol. The molecule has 2 aromatic heterocycles. The Kier molecular flexibility index (Phi) is 7.02. The number of rotatable bonds is 4. The van der Waals surface area contributed by atoms with E-state index >= 15 is 0 Å². The summed E-state index contributed by atoms with van der Waals surface area (Å²) in [6.45, 7) is 5.00. The molecule has 1 atom stereocenters. The average molecular weight is 460 g/mol. The first-order valence-electron chi connectivity index (χ1n) is 8.01. The van der Waals surface area contributed by atoms with Crippen molar-refractivity contribution in [2.24, 2.45) is 12.0 Å². The minimum Gasteiger partial charge on any atom is -0.356 e. The molecule has 8 heteroatoms. The Bertz CT molecular complexity index is 680. The second-order valence-electron chi connectivity index (χ2n) is 5.97. The van der Waals surface area contributed by atoms with Gasteiger partial charge in [-0.05, 0) is 18.9 Å². The van der Waals surface area contributed by atoms with Crippen LogP contribution in [0, 0.1) is 6.92 Å². The molecule has 2 aromatic rings. The van der Waals surface area contributed by atoms with Crippen molar-refractivity contribution < 1.29 is 0 Å². The number of nitrogens with zero attached hydrogens (tertiary/aromatic N) is 5. The summed E-state index contributed by atoms with van der Waals surface area (Å²) in [7, 11) is 3.82. The molecule has 1 fully saturated rings. The largest absolute Gasteiger partial charge is 0.356 e. The van der Waals surface area contributed by atoms with Crippen LogP contribution in [0.2, 0.25) is 0 Å². The molecule has 0 aromatic carbocycles. The Balaban J connectivity index is 0.00000208. The molecule has 0 amide bonds. The zero-order valence-electron chi connectivity index (χ0n) is 14.4. The van der Waals surface area contributed by atoms with Gasteiger partial charge in [0.1, 0.15) is 0 Å². The van der Waals surface area contributed by atoms with Gasteiger partial charge >= 0.3 is 0 Å². The minimum atomic E-state index is 0. The van der Waals surface area contributed by atoms with Crippen LogP contribution in [0.3, 0.4) is 0 Å². The molecule has 24 heavy (non-hydrogen) atoms. The van der Waals surface area contributed by atoms with Crippen molar-refractivity contribution >= 4 is 41.3 Å². The smallest absolute Gasteiger partial charge is 0.193 e. The van der Waals surface area contributed by atoms with Crippen LogP contribution < -0.4 is 5.32 Å². The third-order valence-electron chi connectivity index (χ3n) is 4.19. The molecule has 3 heterocycles. The normalized spacial score (nSPS) is 17.9. The van der Waals surface area contributed by atoms with E-state index in [0.717, 1.165) is 38.4 Å². The first-order valence-corrected chi connectivity index (χ1v) is 8.83. The molecule has 1 N–H and O–H groups in total. The summed E-state index contributed by atoms with van der Waals surface area (Å²) < 4.78 is 1.88. The van der Waals surface area contributed by atoms with Gasteiger partial charge in [-0.15, -0.1) is 35.3 Å². The van der Waals surface area contributed by atoms with Crippen molar-refractivity contribution in [3.8, 4) is 0 Å². The molecule has 0 radical (unpaired) electrons. The van der Waals surface area contributed by atoms with Gasteiger partial charge in [0.15, 0.2) is 5.96 Å². The fourth-order valence-electron chi connectivity index (χ4n) is 3.01. The van der Waals surface area contributed by atoms with E-state index < -0.39 is 0 Å². The maximum atomic E-state index is 4.43. The lowest BCUT2D eigenvalue weighted by Gasteiger charge is -2.21. The van der Waals surface area contributed by atoms with Crippen LogP contribution in [0.4, 0.5) is 0 Å². The van der Waals surface area contributed by atoms with E-state index in [4.69, 9.17) is 0 Å². The van der Waals surface area contributed by atoms with Crippen LogP contribution in [0.25, 0.3) is 0 Å². The Morgan fingerprint density at radius 3 is 2.92 bits per heavy atom. The summed E-state index contributed by atoms with van der Waals surface area (Å²) in [6.07, 6.45) is 8.13. The SMILES string of the molecule is CN=C(NCCc1ncc(C)s1)N1CCC(c2cnn(C)c2)C1.I. The standard InChI is InChI=1S/C16H24N6S.HI/c1-12-8-19-15(23-12)4-6-18-16(17-2)22-7-5-13(11-22)14-9-20-21(3)10-14;/h8-10,13H,4-7,11H2,1-3H3,(H,17,18);1H. The molecular formula is C16H25IN6S. The lowest BCUT2D eigenvalue weighted by Crippen LogP contribution is -2.40. The molecule has 6 nitrogen and oxygen atoms in total. The Labute approximate surface area is 164 Å². The van der Waals surface area contributed by atoms with E-state index in [1.807, 2.05) is 31.2 Å². The quantitative estimate of drug-likeness (QED) is 0.433.